The van der Waals surface area contributed by atoms with E-state index in [1.165, 1.54) is 10.5 Å². The third-order valence-electron chi connectivity index (χ3n) is 3.97. The van der Waals surface area contributed by atoms with Crippen LogP contribution in [0, 0.1) is 0 Å². The van der Waals surface area contributed by atoms with E-state index in [-0.39, 0.29) is 4.90 Å². The second-order valence-corrected chi connectivity index (χ2v) is 7.69. The predicted molar refractivity (Wildman–Crippen MR) is 98.4 cm³/mol. The first-order valence-corrected chi connectivity index (χ1v) is 9.58. The number of rotatable bonds is 7. The molecule has 4 nitrogen and oxygen atoms in total. The molecule has 1 heterocycles. The van der Waals surface area contributed by atoms with Crippen LogP contribution >= 0.6 is 0 Å². The van der Waals surface area contributed by atoms with Gasteiger partial charge in [0.25, 0.3) is 0 Å². The van der Waals surface area contributed by atoms with Gasteiger partial charge in [-0.05, 0) is 29.7 Å². The van der Waals surface area contributed by atoms with Crippen LogP contribution < -0.4 is 0 Å². The molecule has 1 aromatic heterocycles. The summed E-state index contributed by atoms with van der Waals surface area (Å²) in [5, 5.41) is 0. The standard InChI is InChI=1S/C20H20N2O2S/c23-25(24,20-12-7-14-21-16-20)22(17-19-10-5-2-6-11-19)15-13-18-8-3-1-4-9-18/h1-12,14,16H,13,15,17H2. The molecular weight excluding hydrogens is 332 g/mol. The van der Waals surface area contributed by atoms with Crippen LogP contribution in [0.25, 0.3) is 0 Å². The number of benzene rings is 2. The highest BCUT2D eigenvalue weighted by Gasteiger charge is 2.24. The van der Waals surface area contributed by atoms with Crippen LogP contribution in [0.2, 0.25) is 0 Å². The molecule has 0 bridgehead atoms. The van der Waals surface area contributed by atoms with Gasteiger partial charge in [0.2, 0.25) is 10.0 Å². The molecule has 3 rings (SSSR count). The number of hydrogen-bond acceptors (Lipinski definition) is 3. The second kappa shape index (κ2) is 8.05. The number of hydrogen-bond donors (Lipinski definition) is 0. The van der Waals surface area contributed by atoms with Crippen LogP contribution in [0.5, 0.6) is 0 Å². The Kier molecular flexibility index (Phi) is 5.58. The molecule has 2 aromatic carbocycles. The van der Waals surface area contributed by atoms with E-state index in [4.69, 9.17) is 0 Å². The van der Waals surface area contributed by atoms with Crippen molar-refractivity contribution in [1.29, 1.82) is 0 Å². The molecule has 0 N–H and O–H groups in total. The summed E-state index contributed by atoms with van der Waals surface area (Å²) in [5.41, 5.74) is 2.07. The summed E-state index contributed by atoms with van der Waals surface area (Å²) >= 11 is 0. The molecule has 0 saturated carbocycles. The largest absolute Gasteiger partial charge is 0.263 e. The predicted octanol–water partition coefficient (Wildman–Crippen LogP) is 3.52. The summed E-state index contributed by atoms with van der Waals surface area (Å²) in [6.07, 6.45) is 3.63. The van der Waals surface area contributed by atoms with Crippen molar-refractivity contribution in [3.8, 4) is 0 Å². The van der Waals surface area contributed by atoms with Gasteiger partial charge in [-0.3, -0.25) is 4.98 Å². The molecule has 0 aliphatic rings. The fraction of sp³-hybridized carbons (Fsp3) is 0.150. The minimum absolute atomic E-state index is 0.221. The normalized spacial score (nSPS) is 11.6. The molecule has 0 spiro atoms. The molecular formula is C20H20N2O2S. The van der Waals surface area contributed by atoms with Gasteiger partial charge in [-0.15, -0.1) is 0 Å². The van der Waals surface area contributed by atoms with Gasteiger partial charge in [0.1, 0.15) is 4.90 Å². The SMILES string of the molecule is O=S(=O)(c1cccnc1)N(CCc1ccccc1)Cc1ccccc1. The summed E-state index contributed by atoms with van der Waals surface area (Å²) in [4.78, 5) is 4.17. The van der Waals surface area contributed by atoms with Crippen molar-refractivity contribution in [2.24, 2.45) is 0 Å². The van der Waals surface area contributed by atoms with E-state index >= 15 is 0 Å². The van der Waals surface area contributed by atoms with Crippen LogP contribution in [-0.4, -0.2) is 24.3 Å². The van der Waals surface area contributed by atoms with Gasteiger partial charge in [-0.1, -0.05) is 60.7 Å². The minimum Gasteiger partial charge on any atom is -0.263 e. The number of aromatic nitrogens is 1. The van der Waals surface area contributed by atoms with Crippen LogP contribution in [0.4, 0.5) is 0 Å². The summed E-state index contributed by atoms with van der Waals surface area (Å²) in [6.45, 7) is 0.751. The molecule has 0 aliphatic heterocycles. The summed E-state index contributed by atoms with van der Waals surface area (Å²) < 4.78 is 27.6. The van der Waals surface area contributed by atoms with Gasteiger partial charge in [-0.2, -0.15) is 4.31 Å². The monoisotopic (exact) mass is 352 g/mol. The zero-order valence-corrected chi connectivity index (χ0v) is 14.6. The quantitative estimate of drug-likeness (QED) is 0.654. The lowest BCUT2D eigenvalue weighted by molar-refractivity contribution is 0.409. The summed E-state index contributed by atoms with van der Waals surface area (Å²) in [6, 6.07) is 22.8. The first-order chi connectivity index (χ1) is 12.2. The molecule has 0 radical (unpaired) electrons. The first-order valence-electron chi connectivity index (χ1n) is 8.14. The van der Waals surface area contributed by atoms with E-state index in [0.29, 0.717) is 19.5 Å². The second-order valence-electron chi connectivity index (χ2n) is 5.75. The highest BCUT2D eigenvalue weighted by Crippen LogP contribution is 2.18. The highest BCUT2D eigenvalue weighted by atomic mass is 32.2. The van der Waals surface area contributed by atoms with Gasteiger partial charge in [0.05, 0.1) is 0 Å². The van der Waals surface area contributed by atoms with Crippen molar-refractivity contribution in [2.45, 2.75) is 17.9 Å². The maximum absolute atomic E-state index is 13.0. The van der Waals surface area contributed by atoms with Crippen LogP contribution in [-0.2, 0) is 23.0 Å². The Balaban J connectivity index is 1.86. The fourth-order valence-electron chi connectivity index (χ4n) is 2.62. The molecule has 5 heteroatoms. The van der Waals surface area contributed by atoms with E-state index in [2.05, 4.69) is 4.98 Å². The van der Waals surface area contributed by atoms with Gasteiger partial charge in [0, 0.05) is 25.5 Å². The van der Waals surface area contributed by atoms with Crippen LogP contribution in [0.3, 0.4) is 0 Å². The van der Waals surface area contributed by atoms with E-state index < -0.39 is 10.0 Å². The van der Waals surface area contributed by atoms with Gasteiger partial charge >= 0.3 is 0 Å². The average Bonchev–Trinajstić information content (AvgIpc) is 2.67. The Hall–Kier alpha value is -2.50. The number of nitrogens with zero attached hydrogens (tertiary/aromatic N) is 2. The molecule has 0 amide bonds. The lowest BCUT2D eigenvalue weighted by Gasteiger charge is -2.22. The Morgan fingerprint density at radius 2 is 1.44 bits per heavy atom. The first kappa shape index (κ1) is 17.3. The van der Waals surface area contributed by atoms with Crippen molar-refractivity contribution < 1.29 is 8.42 Å². The third kappa shape index (κ3) is 4.53. The Bertz CT molecular complexity index is 883. The molecule has 3 aromatic rings. The van der Waals surface area contributed by atoms with E-state index in [0.717, 1.165) is 11.1 Å². The Morgan fingerprint density at radius 1 is 0.800 bits per heavy atom. The zero-order valence-electron chi connectivity index (χ0n) is 13.8. The molecule has 128 valence electrons. The van der Waals surface area contributed by atoms with E-state index in [9.17, 15) is 8.42 Å². The summed E-state index contributed by atoms with van der Waals surface area (Å²) in [7, 11) is -3.60. The van der Waals surface area contributed by atoms with Gasteiger partial charge in [-0.25, -0.2) is 8.42 Å². The summed E-state index contributed by atoms with van der Waals surface area (Å²) in [5.74, 6) is 0. The molecule has 0 saturated heterocycles. The molecule has 0 unspecified atom stereocenters. The van der Waals surface area contributed by atoms with Crippen molar-refractivity contribution in [3.05, 3.63) is 96.3 Å². The Morgan fingerprint density at radius 3 is 2.04 bits per heavy atom. The zero-order chi connectivity index (χ0) is 17.5. The van der Waals surface area contributed by atoms with Crippen molar-refractivity contribution in [3.63, 3.8) is 0 Å². The number of pyridine rings is 1. The molecule has 25 heavy (non-hydrogen) atoms. The maximum Gasteiger partial charge on any atom is 0.244 e. The lowest BCUT2D eigenvalue weighted by Crippen LogP contribution is -2.32. The molecule has 0 fully saturated rings. The van der Waals surface area contributed by atoms with Gasteiger partial charge < -0.3 is 0 Å². The topological polar surface area (TPSA) is 50.3 Å². The highest BCUT2D eigenvalue weighted by molar-refractivity contribution is 7.89. The van der Waals surface area contributed by atoms with Crippen molar-refractivity contribution in [1.82, 2.24) is 9.29 Å². The third-order valence-corrected chi connectivity index (χ3v) is 5.80. The lowest BCUT2D eigenvalue weighted by atomic mass is 10.1. The minimum atomic E-state index is -3.60. The number of sulfonamides is 1. The van der Waals surface area contributed by atoms with Crippen LogP contribution in [0.1, 0.15) is 11.1 Å². The molecule has 0 atom stereocenters. The van der Waals surface area contributed by atoms with Gasteiger partial charge in [0.15, 0.2) is 0 Å². The van der Waals surface area contributed by atoms with E-state index in [1.807, 2.05) is 60.7 Å². The van der Waals surface area contributed by atoms with Crippen molar-refractivity contribution in [2.75, 3.05) is 6.54 Å². The average molecular weight is 352 g/mol. The maximum atomic E-state index is 13.0. The van der Waals surface area contributed by atoms with E-state index in [1.54, 1.807) is 18.3 Å². The Labute approximate surface area is 148 Å². The molecule has 0 aliphatic carbocycles. The van der Waals surface area contributed by atoms with Crippen LogP contribution in [0.15, 0.2) is 90.1 Å². The smallest absolute Gasteiger partial charge is 0.244 e. The van der Waals surface area contributed by atoms with Crippen molar-refractivity contribution >= 4 is 10.0 Å². The fourth-order valence-corrected chi connectivity index (χ4v) is 4.01.